The lowest BCUT2D eigenvalue weighted by molar-refractivity contribution is 0.790. The first-order chi connectivity index (χ1) is 12.8. The number of nitrogens with two attached hydrogens (primary N) is 1. The van der Waals surface area contributed by atoms with Gasteiger partial charge in [0.2, 0.25) is 0 Å². The molecular weight excluding hydrogens is 318 g/mol. The SMILES string of the molecule is Nc1ccc2c(c1)-c1ccccc1C21c2ccncc2-c2ncccc21. The first kappa shape index (κ1) is 13.8. The molecule has 0 aliphatic heterocycles. The fourth-order valence-electron chi connectivity index (χ4n) is 4.86. The molecule has 3 heteroatoms. The minimum atomic E-state index is -0.346. The Labute approximate surface area is 151 Å². The number of aromatic nitrogens is 2. The number of nitrogen functional groups attached to an aromatic ring is 1. The van der Waals surface area contributed by atoms with Crippen molar-refractivity contribution >= 4 is 5.69 Å². The minimum Gasteiger partial charge on any atom is -0.399 e. The standard InChI is InChI=1S/C23H15N3/c24-14-7-8-19-16(12-14)15-4-1-2-5-18(15)23(19)20-9-11-25-13-17(20)22-21(23)6-3-10-26-22/h1-13H,24H2. The Hall–Kier alpha value is -3.46. The summed E-state index contributed by atoms with van der Waals surface area (Å²) < 4.78 is 0. The Balaban J connectivity index is 1.87. The fraction of sp³-hybridized carbons (Fsp3) is 0.0435. The van der Waals surface area contributed by atoms with E-state index in [1.807, 2.05) is 30.7 Å². The van der Waals surface area contributed by atoms with Gasteiger partial charge in [0.25, 0.3) is 0 Å². The number of pyridine rings is 2. The van der Waals surface area contributed by atoms with Crippen molar-refractivity contribution in [2.75, 3.05) is 5.73 Å². The molecular formula is C23H15N3. The summed E-state index contributed by atoms with van der Waals surface area (Å²) in [5.74, 6) is 0. The van der Waals surface area contributed by atoms with Crippen LogP contribution in [0.5, 0.6) is 0 Å². The summed E-state index contributed by atoms with van der Waals surface area (Å²) in [5, 5.41) is 0. The third-order valence-corrected chi connectivity index (χ3v) is 5.76. The summed E-state index contributed by atoms with van der Waals surface area (Å²) >= 11 is 0. The van der Waals surface area contributed by atoms with Crippen molar-refractivity contribution in [3.63, 3.8) is 0 Å². The van der Waals surface area contributed by atoms with E-state index < -0.39 is 0 Å². The topological polar surface area (TPSA) is 51.8 Å². The lowest BCUT2D eigenvalue weighted by Gasteiger charge is -2.29. The van der Waals surface area contributed by atoms with Crippen LogP contribution in [0.25, 0.3) is 22.4 Å². The molecule has 2 aliphatic rings. The van der Waals surface area contributed by atoms with Crippen LogP contribution >= 0.6 is 0 Å². The van der Waals surface area contributed by atoms with Crippen LogP contribution in [0, 0.1) is 0 Å². The van der Waals surface area contributed by atoms with Crippen LogP contribution in [0.1, 0.15) is 22.3 Å². The Bertz CT molecular complexity index is 1160. The highest BCUT2D eigenvalue weighted by molar-refractivity contribution is 5.94. The Kier molecular flexibility index (Phi) is 2.43. The first-order valence-electron chi connectivity index (χ1n) is 8.72. The lowest BCUT2D eigenvalue weighted by atomic mass is 9.71. The molecule has 2 aromatic carbocycles. The molecule has 1 spiro atoms. The van der Waals surface area contributed by atoms with E-state index in [1.165, 1.54) is 33.4 Å². The van der Waals surface area contributed by atoms with Crippen LogP contribution in [0.2, 0.25) is 0 Å². The van der Waals surface area contributed by atoms with Gasteiger partial charge in [0.1, 0.15) is 0 Å². The second-order valence-corrected chi connectivity index (χ2v) is 6.92. The molecule has 2 N–H and O–H groups in total. The maximum atomic E-state index is 6.14. The van der Waals surface area contributed by atoms with Crippen molar-refractivity contribution in [1.82, 2.24) is 9.97 Å². The number of nitrogens with zero attached hydrogens (tertiary/aromatic N) is 2. The predicted octanol–water partition coefficient (Wildman–Crippen LogP) is 4.40. The average Bonchev–Trinajstić information content (AvgIpc) is 3.15. The highest BCUT2D eigenvalue weighted by Gasteiger charge is 2.52. The normalized spacial score (nSPS) is 18.3. The largest absolute Gasteiger partial charge is 0.399 e. The third kappa shape index (κ3) is 1.41. The highest BCUT2D eigenvalue weighted by atomic mass is 14.7. The van der Waals surface area contributed by atoms with E-state index in [2.05, 4.69) is 53.5 Å². The number of hydrogen-bond donors (Lipinski definition) is 1. The molecule has 26 heavy (non-hydrogen) atoms. The molecule has 0 fully saturated rings. The summed E-state index contributed by atoms with van der Waals surface area (Å²) in [5.41, 5.74) is 16.2. The van der Waals surface area contributed by atoms with Crippen LogP contribution in [-0.2, 0) is 5.41 Å². The maximum Gasteiger partial charge on any atom is 0.0768 e. The predicted molar refractivity (Wildman–Crippen MR) is 103 cm³/mol. The molecule has 2 aromatic heterocycles. The van der Waals surface area contributed by atoms with Crippen molar-refractivity contribution in [2.45, 2.75) is 5.41 Å². The molecule has 6 rings (SSSR count). The maximum absolute atomic E-state index is 6.14. The smallest absolute Gasteiger partial charge is 0.0768 e. The van der Waals surface area contributed by atoms with E-state index in [0.717, 1.165) is 16.9 Å². The Morgan fingerprint density at radius 3 is 2.46 bits per heavy atom. The number of rotatable bonds is 0. The van der Waals surface area contributed by atoms with Crippen LogP contribution in [0.15, 0.2) is 79.3 Å². The molecule has 0 radical (unpaired) electrons. The second-order valence-electron chi connectivity index (χ2n) is 6.92. The van der Waals surface area contributed by atoms with E-state index in [9.17, 15) is 0 Å². The Morgan fingerprint density at radius 2 is 1.50 bits per heavy atom. The molecule has 0 saturated heterocycles. The summed E-state index contributed by atoms with van der Waals surface area (Å²) in [7, 11) is 0. The molecule has 0 bridgehead atoms. The lowest BCUT2D eigenvalue weighted by Crippen LogP contribution is -2.25. The van der Waals surface area contributed by atoms with Gasteiger partial charge in [0, 0.05) is 29.8 Å². The Morgan fingerprint density at radius 1 is 0.692 bits per heavy atom. The summed E-state index contributed by atoms with van der Waals surface area (Å²) in [6, 6.07) is 21.3. The molecule has 1 unspecified atom stereocenters. The van der Waals surface area contributed by atoms with Crippen LogP contribution < -0.4 is 5.73 Å². The summed E-state index contributed by atoms with van der Waals surface area (Å²) in [6.45, 7) is 0. The second kappa shape index (κ2) is 4.58. The van der Waals surface area contributed by atoms with Gasteiger partial charge >= 0.3 is 0 Å². The monoisotopic (exact) mass is 333 g/mol. The molecule has 0 amide bonds. The zero-order valence-electron chi connectivity index (χ0n) is 14.0. The molecule has 4 aromatic rings. The van der Waals surface area contributed by atoms with Crippen LogP contribution in [-0.4, -0.2) is 9.97 Å². The summed E-state index contributed by atoms with van der Waals surface area (Å²) in [6.07, 6.45) is 5.68. The molecule has 3 nitrogen and oxygen atoms in total. The van der Waals surface area contributed by atoms with Crippen molar-refractivity contribution in [2.24, 2.45) is 0 Å². The van der Waals surface area contributed by atoms with Gasteiger partial charge in [-0.25, -0.2) is 0 Å². The molecule has 1 atom stereocenters. The van der Waals surface area contributed by atoms with E-state index in [0.29, 0.717) is 0 Å². The van der Waals surface area contributed by atoms with Gasteiger partial charge in [-0.3, -0.25) is 9.97 Å². The molecule has 0 saturated carbocycles. The van der Waals surface area contributed by atoms with Gasteiger partial charge in [-0.05, 0) is 57.6 Å². The van der Waals surface area contributed by atoms with Crippen LogP contribution in [0.4, 0.5) is 5.69 Å². The quantitative estimate of drug-likeness (QED) is 0.419. The first-order valence-corrected chi connectivity index (χ1v) is 8.72. The van der Waals surface area contributed by atoms with Gasteiger partial charge in [-0.1, -0.05) is 36.4 Å². The minimum absolute atomic E-state index is 0.346. The number of benzene rings is 2. The molecule has 2 aliphatic carbocycles. The van der Waals surface area contributed by atoms with Gasteiger partial charge < -0.3 is 5.73 Å². The zero-order valence-corrected chi connectivity index (χ0v) is 14.0. The van der Waals surface area contributed by atoms with Gasteiger partial charge in [-0.15, -0.1) is 0 Å². The third-order valence-electron chi connectivity index (χ3n) is 5.76. The van der Waals surface area contributed by atoms with Crippen LogP contribution in [0.3, 0.4) is 0 Å². The number of anilines is 1. The van der Waals surface area contributed by atoms with Crippen molar-refractivity contribution < 1.29 is 0 Å². The molecule has 122 valence electrons. The number of fused-ring (bicyclic) bond motifs is 10. The van der Waals surface area contributed by atoms with E-state index in [-0.39, 0.29) is 5.41 Å². The fourth-order valence-corrected chi connectivity index (χ4v) is 4.86. The highest BCUT2D eigenvalue weighted by Crippen LogP contribution is 2.62. The van der Waals surface area contributed by atoms with E-state index in [1.54, 1.807) is 0 Å². The number of hydrogen-bond acceptors (Lipinski definition) is 3. The van der Waals surface area contributed by atoms with Gasteiger partial charge in [0.05, 0.1) is 11.1 Å². The van der Waals surface area contributed by atoms with Crippen molar-refractivity contribution in [3.8, 4) is 22.4 Å². The van der Waals surface area contributed by atoms with Gasteiger partial charge in [0.15, 0.2) is 0 Å². The van der Waals surface area contributed by atoms with Crippen molar-refractivity contribution in [3.05, 3.63) is 102 Å². The van der Waals surface area contributed by atoms with Gasteiger partial charge in [-0.2, -0.15) is 0 Å². The van der Waals surface area contributed by atoms with E-state index in [4.69, 9.17) is 10.7 Å². The van der Waals surface area contributed by atoms with Crippen molar-refractivity contribution in [1.29, 1.82) is 0 Å². The average molecular weight is 333 g/mol. The summed E-state index contributed by atoms with van der Waals surface area (Å²) in [4.78, 5) is 9.09. The zero-order chi connectivity index (χ0) is 17.3. The molecule has 2 heterocycles. The van der Waals surface area contributed by atoms with E-state index >= 15 is 0 Å².